The molecule has 1 amide bonds. The third-order valence-electron chi connectivity index (χ3n) is 2.57. The molecule has 7 heteroatoms. The molecule has 1 aromatic carbocycles. The average Bonchev–Trinajstić information content (AvgIpc) is 2.35. The summed E-state index contributed by atoms with van der Waals surface area (Å²) < 4.78 is 43.2. The highest BCUT2D eigenvalue weighted by molar-refractivity contribution is 5.95. The van der Waals surface area contributed by atoms with Gasteiger partial charge in [0.05, 0.1) is 12.2 Å². The molecule has 0 spiro atoms. The number of hydrogen-bond donors (Lipinski definition) is 2. The van der Waals surface area contributed by atoms with Crippen molar-refractivity contribution in [2.24, 2.45) is 0 Å². The van der Waals surface area contributed by atoms with Gasteiger partial charge in [0.2, 0.25) is 0 Å². The van der Waals surface area contributed by atoms with Crippen molar-refractivity contribution in [3.63, 3.8) is 0 Å². The van der Waals surface area contributed by atoms with Crippen LogP contribution in [0.4, 0.5) is 18.9 Å². The number of ether oxygens (including phenoxy) is 1. The van der Waals surface area contributed by atoms with Gasteiger partial charge in [0.1, 0.15) is 0 Å². The Morgan fingerprint density at radius 2 is 2.10 bits per heavy atom. The molecule has 0 saturated heterocycles. The lowest BCUT2D eigenvalue weighted by molar-refractivity contribution is -0.136. The molecule has 1 atom stereocenters. The average molecular weight is 290 g/mol. The number of amides is 1. The number of anilines is 1. The van der Waals surface area contributed by atoms with Gasteiger partial charge in [-0.15, -0.1) is 0 Å². The summed E-state index contributed by atoms with van der Waals surface area (Å²) in [5.41, 5.74) is 3.77. The summed E-state index contributed by atoms with van der Waals surface area (Å²) in [6, 6.07) is 2.78. The zero-order valence-corrected chi connectivity index (χ0v) is 11.3. The third kappa shape index (κ3) is 4.41. The maximum atomic E-state index is 12.7. The van der Waals surface area contributed by atoms with Crippen LogP contribution < -0.4 is 11.1 Å². The van der Waals surface area contributed by atoms with Crippen LogP contribution in [0.1, 0.15) is 29.8 Å². The fourth-order valence-electron chi connectivity index (χ4n) is 1.59. The SMILES string of the molecule is CCOCC(C)NC(=O)c1ccc(N)c(C(F)(F)F)c1. The Bertz CT molecular complexity index is 475. The number of hydrogen-bond acceptors (Lipinski definition) is 3. The molecule has 0 radical (unpaired) electrons. The summed E-state index contributed by atoms with van der Waals surface area (Å²) in [7, 11) is 0. The number of benzene rings is 1. The summed E-state index contributed by atoms with van der Waals surface area (Å²) in [6.45, 7) is 4.31. The van der Waals surface area contributed by atoms with Gasteiger partial charge in [-0.3, -0.25) is 4.79 Å². The number of carbonyl (C=O) groups is 1. The van der Waals surface area contributed by atoms with Crippen molar-refractivity contribution < 1.29 is 22.7 Å². The Hall–Kier alpha value is -1.76. The van der Waals surface area contributed by atoms with Crippen molar-refractivity contribution in [1.29, 1.82) is 0 Å². The van der Waals surface area contributed by atoms with Crippen LogP contribution in [0.5, 0.6) is 0 Å². The van der Waals surface area contributed by atoms with E-state index in [-0.39, 0.29) is 11.6 Å². The predicted molar refractivity (Wildman–Crippen MR) is 69.3 cm³/mol. The van der Waals surface area contributed by atoms with Gasteiger partial charge in [-0.2, -0.15) is 13.2 Å². The molecule has 0 aromatic heterocycles. The molecule has 0 aliphatic heterocycles. The summed E-state index contributed by atoms with van der Waals surface area (Å²) in [5, 5.41) is 2.56. The molecule has 0 aliphatic carbocycles. The van der Waals surface area contributed by atoms with Gasteiger partial charge in [-0.25, -0.2) is 0 Å². The number of rotatable bonds is 5. The summed E-state index contributed by atoms with van der Waals surface area (Å²) >= 11 is 0. The Labute approximate surface area is 115 Å². The van der Waals surface area contributed by atoms with Crippen LogP contribution in [0.3, 0.4) is 0 Å². The standard InChI is InChI=1S/C13H17F3N2O2/c1-3-20-7-8(2)18-12(19)9-4-5-11(17)10(6-9)13(14,15)16/h4-6,8H,3,7,17H2,1-2H3,(H,18,19). The summed E-state index contributed by atoms with van der Waals surface area (Å²) in [5.74, 6) is -0.595. The maximum absolute atomic E-state index is 12.7. The van der Waals surface area contributed by atoms with Crippen molar-refractivity contribution >= 4 is 11.6 Å². The van der Waals surface area contributed by atoms with E-state index in [0.717, 1.165) is 12.1 Å². The molecule has 20 heavy (non-hydrogen) atoms. The highest BCUT2D eigenvalue weighted by atomic mass is 19.4. The van der Waals surface area contributed by atoms with Gasteiger partial charge in [-0.05, 0) is 32.0 Å². The van der Waals surface area contributed by atoms with Crippen LogP contribution in [-0.2, 0) is 10.9 Å². The van der Waals surface area contributed by atoms with Crippen LogP contribution >= 0.6 is 0 Å². The molecule has 1 rings (SSSR count). The number of halogens is 3. The van der Waals surface area contributed by atoms with Crippen molar-refractivity contribution in [1.82, 2.24) is 5.32 Å². The minimum absolute atomic E-state index is 0.0881. The van der Waals surface area contributed by atoms with Crippen LogP contribution in [0.15, 0.2) is 18.2 Å². The fourth-order valence-corrected chi connectivity index (χ4v) is 1.59. The lowest BCUT2D eigenvalue weighted by Gasteiger charge is -2.15. The first-order valence-electron chi connectivity index (χ1n) is 6.11. The topological polar surface area (TPSA) is 64.3 Å². The monoisotopic (exact) mass is 290 g/mol. The molecule has 0 aliphatic rings. The smallest absolute Gasteiger partial charge is 0.398 e. The minimum Gasteiger partial charge on any atom is -0.398 e. The van der Waals surface area contributed by atoms with Gasteiger partial charge < -0.3 is 15.8 Å². The van der Waals surface area contributed by atoms with Crippen molar-refractivity contribution in [3.8, 4) is 0 Å². The molecule has 0 bridgehead atoms. The second-order valence-corrected chi connectivity index (χ2v) is 4.33. The summed E-state index contributed by atoms with van der Waals surface area (Å²) in [4.78, 5) is 11.8. The second-order valence-electron chi connectivity index (χ2n) is 4.33. The van der Waals surface area contributed by atoms with E-state index >= 15 is 0 Å². The number of nitrogen functional groups attached to an aromatic ring is 1. The van der Waals surface area contributed by atoms with Crippen LogP contribution in [0.2, 0.25) is 0 Å². The summed E-state index contributed by atoms with van der Waals surface area (Å²) in [6.07, 6.45) is -4.59. The molecular formula is C13H17F3N2O2. The van der Waals surface area contributed by atoms with Crippen molar-refractivity contribution in [2.45, 2.75) is 26.1 Å². The Kier molecular flexibility index (Phi) is 5.38. The number of alkyl halides is 3. The maximum Gasteiger partial charge on any atom is 0.418 e. The van der Waals surface area contributed by atoms with E-state index in [0.29, 0.717) is 13.2 Å². The highest BCUT2D eigenvalue weighted by Gasteiger charge is 2.33. The van der Waals surface area contributed by atoms with E-state index in [1.165, 1.54) is 6.07 Å². The second kappa shape index (κ2) is 6.60. The van der Waals surface area contributed by atoms with E-state index in [9.17, 15) is 18.0 Å². The molecule has 1 unspecified atom stereocenters. The van der Waals surface area contributed by atoms with E-state index in [4.69, 9.17) is 10.5 Å². The van der Waals surface area contributed by atoms with Gasteiger partial charge in [0.25, 0.3) is 5.91 Å². The van der Waals surface area contributed by atoms with Gasteiger partial charge in [0, 0.05) is 23.9 Å². The Balaban J connectivity index is 2.84. The van der Waals surface area contributed by atoms with Gasteiger partial charge >= 0.3 is 6.18 Å². The van der Waals surface area contributed by atoms with E-state index in [1.807, 2.05) is 6.92 Å². The predicted octanol–water partition coefficient (Wildman–Crippen LogP) is 2.44. The van der Waals surface area contributed by atoms with Crippen molar-refractivity contribution in [3.05, 3.63) is 29.3 Å². The molecule has 112 valence electrons. The first kappa shape index (κ1) is 16.3. The van der Waals surface area contributed by atoms with Crippen LogP contribution in [-0.4, -0.2) is 25.2 Å². The van der Waals surface area contributed by atoms with Gasteiger partial charge in [0.15, 0.2) is 0 Å². The first-order valence-corrected chi connectivity index (χ1v) is 6.11. The number of nitrogens with one attached hydrogen (secondary N) is 1. The van der Waals surface area contributed by atoms with E-state index in [2.05, 4.69) is 5.32 Å². The highest BCUT2D eigenvalue weighted by Crippen LogP contribution is 2.33. The van der Waals surface area contributed by atoms with Crippen molar-refractivity contribution in [2.75, 3.05) is 18.9 Å². The fraction of sp³-hybridized carbons (Fsp3) is 0.462. The molecule has 0 fully saturated rings. The normalized spacial score (nSPS) is 13.1. The largest absolute Gasteiger partial charge is 0.418 e. The quantitative estimate of drug-likeness (QED) is 0.819. The Morgan fingerprint density at radius 3 is 2.65 bits per heavy atom. The molecule has 0 saturated carbocycles. The third-order valence-corrected chi connectivity index (χ3v) is 2.57. The van der Waals surface area contributed by atoms with E-state index < -0.39 is 23.3 Å². The molecule has 4 nitrogen and oxygen atoms in total. The minimum atomic E-state index is -4.59. The Morgan fingerprint density at radius 1 is 1.45 bits per heavy atom. The molecule has 3 N–H and O–H groups in total. The first-order chi connectivity index (χ1) is 9.25. The lowest BCUT2D eigenvalue weighted by Crippen LogP contribution is -2.36. The van der Waals surface area contributed by atoms with E-state index in [1.54, 1.807) is 6.92 Å². The zero-order valence-electron chi connectivity index (χ0n) is 11.3. The molecular weight excluding hydrogens is 273 g/mol. The molecule has 1 aromatic rings. The van der Waals surface area contributed by atoms with Crippen LogP contribution in [0.25, 0.3) is 0 Å². The molecule has 0 heterocycles. The lowest BCUT2D eigenvalue weighted by atomic mass is 10.1. The zero-order chi connectivity index (χ0) is 15.3. The van der Waals surface area contributed by atoms with Gasteiger partial charge in [-0.1, -0.05) is 0 Å². The number of carbonyl (C=O) groups excluding carboxylic acids is 1. The number of nitrogens with two attached hydrogens (primary N) is 1. The van der Waals surface area contributed by atoms with Crippen LogP contribution in [0, 0.1) is 0 Å².